The molecule has 3 rings (SSSR count). The number of piperidine rings is 1. The predicted molar refractivity (Wildman–Crippen MR) is 98.0 cm³/mol. The highest BCUT2D eigenvalue weighted by atomic mass is 32.1. The molecular weight excluding hydrogens is 356 g/mol. The molecule has 3 heterocycles. The van der Waals surface area contributed by atoms with Crippen LogP contribution in [0.25, 0.3) is 0 Å². The van der Waals surface area contributed by atoms with E-state index in [1.54, 1.807) is 4.90 Å². The van der Waals surface area contributed by atoms with Crippen LogP contribution in [0.4, 0.5) is 5.00 Å². The van der Waals surface area contributed by atoms with Crippen molar-refractivity contribution in [2.75, 3.05) is 19.6 Å². The molecule has 2 fully saturated rings. The first-order valence-corrected chi connectivity index (χ1v) is 9.79. The summed E-state index contributed by atoms with van der Waals surface area (Å²) < 4.78 is 0. The summed E-state index contributed by atoms with van der Waals surface area (Å²) in [5.41, 5.74) is 5.96. The van der Waals surface area contributed by atoms with Crippen LogP contribution in [-0.4, -0.2) is 58.3 Å². The molecule has 0 spiro atoms. The van der Waals surface area contributed by atoms with Crippen LogP contribution in [0.15, 0.2) is 12.1 Å². The van der Waals surface area contributed by atoms with Gasteiger partial charge in [-0.1, -0.05) is 11.3 Å². The molecule has 0 bridgehead atoms. The van der Waals surface area contributed by atoms with Crippen LogP contribution >= 0.6 is 11.3 Å². The smallest absolute Gasteiger partial charge is 0.324 e. The van der Waals surface area contributed by atoms with E-state index in [-0.39, 0.29) is 22.9 Å². The topological polar surface area (TPSA) is 110 Å². The van der Waals surface area contributed by atoms with E-state index in [9.17, 15) is 19.7 Å². The van der Waals surface area contributed by atoms with Crippen LogP contribution in [0.1, 0.15) is 42.3 Å². The fourth-order valence-corrected chi connectivity index (χ4v) is 4.58. The lowest BCUT2D eigenvalue weighted by molar-refractivity contribution is -0.380. The van der Waals surface area contributed by atoms with Gasteiger partial charge in [-0.15, -0.1) is 0 Å². The summed E-state index contributed by atoms with van der Waals surface area (Å²) in [6.07, 6.45) is 3.19. The quantitative estimate of drug-likeness (QED) is 0.633. The molecule has 9 heteroatoms. The number of hydrogen-bond donors (Lipinski definition) is 1. The standard InChI is InChI=1S/C17H24N4O4S/c1-11(18)12-6-9-19(10-7-12)16(22)13-3-2-8-20(13)17(23)14-4-5-15(26-14)21(24)25/h4-5,11-13H,2-3,6-10,18H2,1H3. The van der Waals surface area contributed by atoms with Gasteiger partial charge in [0.1, 0.15) is 6.04 Å². The second kappa shape index (κ2) is 7.71. The fraction of sp³-hybridized carbons (Fsp3) is 0.647. The number of likely N-dealkylation sites (tertiary alicyclic amines) is 2. The summed E-state index contributed by atoms with van der Waals surface area (Å²) in [6, 6.07) is 2.48. The summed E-state index contributed by atoms with van der Waals surface area (Å²) in [4.78, 5) is 39.7. The van der Waals surface area contributed by atoms with E-state index in [1.165, 1.54) is 12.1 Å². The van der Waals surface area contributed by atoms with Gasteiger partial charge in [0.05, 0.1) is 9.80 Å². The molecule has 2 unspecified atom stereocenters. The van der Waals surface area contributed by atoms with E-state index in [4.69, 9.17) is 5.73 Å². The first-order chi connectivity index (χ1) is 12.4. The maximum atomic E-state index is 12.9. The molecule has 0 aromatic carbocycles. The Hall–Kier alpha value is -2.00. The number of rotatable bonds is 4. The van der Waals surface area contributed by atoms with Gasteiger partial charge in [0.25, 0.3) is 5.91 Å². The number of thiophene rings is 1. The summed E-state index contributed by atoms with van der Waals surface area (Å²) in [5, 5.41) is 10.8. The molecule has 26 heavy (non-hydrogen) atoms. The summed E-state index contributed by atoms with van der Waals surface area (Å²) in [5.74, 6) is 0.140. The minimum Gasteiger partial charge on any atom is -0.341 e. The molecule has 2 saturated heterocycles. The zero-order chi connectivity index (χ0) is 18.8. The van der Waals surface area contributed by atoms with Crippen LogP contribution in [0.2, 0.25) is 0 Å². The van der Waals surface area contributed by atoms with E-state index < -0.39 is 11.0 Å². The molecule has 0 aliphatic carbocycles. The Kier molecular flexibility index (Phi) is 5.57. The minimum absolute atomic E-state index is 0.00923. The molecule has 8 nitrogen and oxygen atoms in total. The Morgan fingerprint density at radius 1 is 1.27 bits per heavy atom. The zero-order valence-corrected chi connectivity index (χ0v) is 15.6. The van der Waals surface area contributed by atoms with E-state index in [0.717, 1.165) is 30.6 Å². The van der Waals surface area contributed by atoms with Crippen LogP contribution < -0.4 is 5.73 Å². The van der Waals surface area contributed by atoms with E-state index >= 15 is 0 Å². The highest BCUT2D eigenvalue weighted by Crippen LogP contribution is 2.29. The number of nitrogens with zero attached hydrogens (tertiary/aromatic N) is 3. The third-order valence-electron chi connectivity index (χ3n) is 5.38. The predicted octanol–water partition coefficient (Wildman–Crippen LogP) is 1.85. The number of nitrogens with two attached hydrogens (primary N) is 1. The first kappa shape index (κ1) is 18.8. The van der Waals surface area contributed by atoms with Gasteiger partial charge in [-0.05, 0) is 44.6 Å². The Balaban J connectivity index is 1.66. The second-order valence-corrected chi connectivity index (χ2v) is 8.14. The molecular formula is C17H24N4O4S. The average molecular weight is 380 g/mol. The van der Waals surface area contributed by atoms with Gasteiger partial charge < -0.3 is 15.5 Å². The van der Waals surface area contributed by atoms with Crippen LogP contribution in [0.5, 0.6) is 0 Å². The van der Waals surface area contributed by atoms with Crippen LogP contribution in [-0.2, 0) is 4.79 Å². The molecule has 1 aromatic heterocycles. The van der Waals surface area contributed by atoms with Gasteiger partial charge in [-0.25, -0.2) is 0 Å². The van der Waals surface area contributed by atoms with E-state index in [2.05, 4.69) is 0 Å². The zero-order valence-electron chi connectivity index (χ0n) is 14.8. The Bertz CT molecular complexity index is 697. The van der Waals surface area contributed by atoms with Crippen molar-refractivity contribution < 1.29 is 14.5 Å². The van der Waals surface area contributed by atoms with Gasteiger partial charge in [0, 0.05) is 31.7 Å². The summed E-state index contributed by atoms with van der Waals surface area (Å²) in [6.45, 7) is 3.86. The second-order valence-electron chi connectivity index (χ2n) is 7.07. The van der Waals surface area contributed by atoms with Gasteiger partial charge in [-0.2, -0.15) is 0 Å². The van der Waals surface area contributed by atoms with Crippen LogP contribution in [0, 0.1) is 16.0 Å². The maximum Gasteiger partial charge on any atom is 0.324 e. The molecule has 0 radical (unpaired) electrons. The van der Waals surface area contributed by atoms with Crippen molar-refractivity contribution in [2.45, 2.75) is 44.7 Å². The van der Waals surface area contributed by atoms with Crippen molar-refractivity contribution in [2.24, 2.45) is 11.7 Å². The van der Waals surface area contributed by atoms with Crippen molar-refractivity contribution in [3.8, 4) is 0 Å². The molecule has 2 N–H and O–H groups in total. The van der Waals surface area contributed by atoms with Crippen molar-refractivity contribution in [3.05, 3.63) is 27.1 Å². The van der Waals surface area contributed by atoms with Gasteiger partial charge in [-0.3, -0.25) is 19.7 Å². The Labute approximate surface area is 156 Å². The third kappa shape index (κ3) is 3.73. The van der Waals surface area contributed by atoms with E-state index in [0.29, 0.717) is 36.9 Å². The number of carbonyl (C=O) groups is 2. The molecule has 0 saturated carbocycles. The summed E-state index contributed by atoms with van der Waals surface area (Å²) >= 11 is 0.860. The Morgan fingerprint density at radius 3 is 2.54 bits per heavy atom. The number of hydrogen-bond acceptors (Lipinski definition) is 6. The fourth-order valence-electron chi connectivity index (χ4n) is 3.81. The van der Waals surface area contributed by atoms with Gasteiger partial charge in [0.2, 0.25) is 5.91 Å². The van der Waals surface area contributed by atoms with Gasteiger partial charge >= 0.3 is 5.00 Å². The molecule has 142 valence electrons. The van der Waals surface area contributed by atoms with Crippen molar-refractivity contribution in [1.29, 1.82) is 0 Å². The summed E-state index contributed by atoms with van der Waals surface area (Å²) in [7, 11) is 0. The lowest BCUT2D eigenvalue weighted by Crippen LogP contribution is -2.51. The lowest BCUT2D eigenvalue weighted by Gasteiger charge is -2.36. The molecule has 2 amide bonds. The SMILES string of the molecule is CC(N)C1CCN(C(=O)C2CCCN2C(=O)c2ccc([N+](=O)[O-])s2)CC1. The third-order valence-corrected chi connectivity index (χ3v) is 6.40. The van der Waals surface area contributed by atoms with Crippen LogP contribution in [0.3, 0.4) is 0 Å². The number of carbonyl (C=O) groups excluding carboxylic acids is 2. The highest BCUT2D eigenvalue weighted by molar-refractivity contribution is 7.17. The van der Waals surface area contributed by atoms with Crippen molar-refractivity contribution in [1.82, 2.24) is 9.80 Å². The van der Waals surface area contributed by atoms with Gasteiger partial charge in [0.15, 0.2) is 0 Å². The minimum atomic E-state index is -0.503. The molecule has 2 aliphatic heterocycles. The lowest BCUT2D eigenvalue weighted by atomic mass is 9.90. The monoisotopic (exact) mass is 380 g/mol. The molecule has 2 atom stereocenters. The van der Waals surface area contributed by atoms with Crippen molar-refractivity contribution in [3.63, 3.8) is 0 Å². The number of amides is 2. The largest absolute Gasteiger partial charge is 0.341 e. The number of nitro groups is 1. The maximum absolute atomic E-state index is 12.9. The molecule has 1 aromatic rings. The normalized spacial score (nSPS) is 22.5. The molecule has 2 aliphatic rings. The highest BCUT2D eigenvalue weighted by Gasteiger charge is 2.38. The first-order valence-electron chi connectivity index (χ1n) is 8.98. The van der Waals surface area contributed by atoms with E-state index in [1.807, 2.05) is 11.8 Å². The van der Waals surface area contributed by atoms with Crippen molar-refractivity contribution >= 4 is 28.2 Å². The Morgan fingerprint density at radius 2 is 1.96 bits per heavy atom. The average Bonchev–Trinajstić information content (AvgIpc) is 3.30.